The van der Waals surface area contributed by atoms with Crippen LogP contribution in [0.25, 0.3) is 0 Å². The van der Waals surface area contributed by atoms with Crippen LogP contribution in [0.15, 0.2) is 30.3 Å². The normalized spacial score (nSPS) is 18.6. The van der Waals surface area contributed by atoms with Gasteiger partial charge < -0.3 is 4.74 Å². The van der Waals surface area contributed by atoms with Crippen LogP contribution in [0.2, 0.25) is 0 Å². The van der Waals surface area contributed by atoms with Gasteiger partial charge in [-0.2, -0.15) is 0 Å². The second kappa shape index (κ2) is 5.85. The molecule has 92 valence electrons. The molecule has 2 heteroatoms. The van der Waals surface area contributed by atoms with Crippen molar-refractivity contribution in [1.29, 1.82) is 0 Å². The van der Waals surface area contributed by atoms with E-state index in [1.165, 1.54) is 19.3 Å². The highest BCUT2D eigenvalue weighted by molar-refractivity contribution is 5.77. The molecular weight excluding hydrogens is 212 g/mol. The van der Waals surface area contributed by atoms with Gasteiger partial charge in [-0.3, -0.25) is 4.79 Å². The summed E-state index contributed by atoms with van der Waals surface area (Å²) in [6.45, 7) is 1.92. The van der Waals surface area contributed by atoms with E-state index in [-0.39, 0.29) is 18.0 Å². The zero-order valence-electron chi connectivity index (χ0n) is 10.4. The minimum absolute atomic E-state index is 0.0805. The Morgan fingerprint density at radius 1 is 1.18 bits per heavy atom. The number of hydrogen-bond donors (Lipinski definition) is 0. The predicted octanol–water partition coefficient (Wildman–Crippen LogP) is 3.67. The number of hydrogen-bond acceptors (Lipinski definition) is 2. The van der Waals surface area contributed by atoms with Gasteiger partial charge in [0.25, 0.3) is 0 Å². The monoisotopic (exact) mass is 232 g/mol. The van der Waals surface area contributed by atoms with Gasteiger partial charge in [0, 0.05) is 0 Å². The molecule has 1 saturated carbocycles. The average Bonchev–Trinajstić information content (AvgIpc) is 2.40. The summed E-state index contributed by atoms with van der Waals surface area (Å²) in [6, 6.07) is 9.84. The second-order valence-electron chi connectivity index (χ2n) is 4.83. The molecule has 0 aromatic heterocycles. The van der Waals surface area contributed by atoms with Crippen molar-refractivity contribution in [2.24, 2.45) is 0 Å². The van der Waals surface area contributed by atoms with E-state index in [2.05, 4.69) is 0 Å². The fourth-order valence-corrected chi connectivity index (χ4v) is 2.33. The van der Waals surface area contributed by atoms with E-state index in [9.17, 15) is 4.79 Å². The molecule has 0 heterocycles. The maximum atomic E-state index is 12.0. The van der Waals surface area contributed by atoms with Crippen molar-refractivity contribution in [1.82, 2.24) is 0 Å². The summed E-state index contributed by atoms with van der Waals surface area (Å²) >= 11 is 0. The third kappa shape index (κ3) is 3.32. The number of benzene rings is 1. The number of rotatable bonds is 3. The summed E-state index contributed by atoms with van der Waals surface area (Å²) in [4.78, 5) is 12.0. The standard InChI is InChI=1S/C15H20O2/c1-12(13-8-4-2-5-9-13)15(16)17-14-10-6-3-7-11-14/h2,4-5,8-9,12,14H,3,6-7,10-11H2,1H3/t12-/m0/s1. The minimum atomic E-state index is -0.155. The Balaban J connectivity index is 1.91. The fourth-order valence-electron chi connectivity index (χ4n) is 2.33. The lowest BCUT2D eigenvalue weighted by atomic mass is 9.97. The zero-order chi connectivity index (χ0) is 12.1. The van der Waals surface area contributed by atoms with Gasteiger partial charge in [0.05, 0.1) is 5.92 Å². The first-order valence-electron chi connectivity index (χ1n) is 6.53. The van der Waals surface area contributed by atoms with Crippen LogP contribution in [0.5, 0.6) is 0 Å². The third-order valence-corrected chi connectivity index (χ3v) is 3.49. The molecule has 1 aliphatic rings. The molecule has 0 aliphatic heterocycles. The van der Waals surface area contributed by atoms with Gasteiger partial charge >= 0.3 is 5.97 Å². The Hall–Kier alpha value is -1.31. The van der Waals surface area contributed by atoms with Crippen LogP contribution in [0.1, 0.15) is 50.5 Å². The molecule has 1 fully saturated rings. The molecule has 1 aromatic rings. The molecule has 0 spiro atoms. The molecule has 0 unspecified atom stereocenters. The highest BCUT2D eigenvalue weighted by Crippen LogP contribution is 2.23. The molecule has 17 heavy (non-hydrogen) atoms. The van der Waals surface area contributed by atoms with Crippen LogP contribution in [0.4, 0.5) is 0 Å². The molecule has 2 rings (SSSR count). The summed E-state index contributed by atoms with van der Waals surface area (Å²) in [6.07, 6.45) is 5.89. The smallest absolute Gasteiger partial charge is 0.313 e. The largest absolute Gasteiger partial charge is 0.462 e. The Morgan fingerprint density at radius 3 is 2.47 bits per heavy atom. The van der Waals surface area contributed by atoms with Crippen LogP contribution in [0.3, 0.4) is 0 Å². The molecule has 0 bridgehead atoms. The summed E-state index contributed by atoms with van der Waals surface area (Å²) in [5.41, 5.74) is 1.04. The van der Waals surface area contributed by atoms with Gasteiger partial charge in [0.2, 0.25) is 0 Å². The van der Waals surface area contributed by atoms with Gasteiger partial charge in [-0.1, -0.05) is 36.8 Å². The van der Waals surface area contributed by atoms with E-state index in [1.54, 1.807) is 0 Å². The molecule has 2 nitrogen and oxygen atoms in total. The molecule has 1 atom stereocenters. The molecule has 0 amide bonds. The first kappa shape index (κ1) is 12.2. The lowest BCUT2D eigenvalue weighted by Gasteiger charge is -2.23. The van der Waals surface area contributed by atoms with Crippen LogP contribution in [-0.2, 0) is 9.53 Å². The van der Waals surface area contributed by atoms with E-state index in [0.29, 0.717) is 0 Å². The number of carbonyl (C=O) groups excluding carboxylic acids is 1. The molecular formula is C15H20O2. The third-order valence-electron chi connectivity index (χ3n) is 3.49. The van der Waals surface area contributed by atoms with Crippen LogP contribution < -0.4 is 0 Å². The van der Waals surface area contributed by atoms with E-state index in [0.717, 1.165) is 18.4 Å². The highest BCUT2D eigenvalue weighted by Gasteiger charge is 2.22. The molecule has 0 saturated heterocycles. The molecule has 0 radical (unpaired) electrons. The fraction of sp³-hybridized carbons (Fsp3) is 0.533. The molecule has 1 aliphatic carbocycles. The van der Waals surface area contributed by atoms with E-state index >= 15 is 0 Å². The summed E-state index contributed by atoms with van der Waals surface area (Å²) in [7, 11) is 0. The maximum Gasteiger partial charge on any atom is 0.313 e. The van der Waals surface area contributed by atoms with Crippen LogP contribution in [0, 0.1) is 0 Å². The number of carbonyl (C=O) groups is 1. The Labute approximate surface area is 103 Å². The van der Waals surface area contributed by atoms with Gasteiger partial charge in [-0.05, 0) is 38.2 Å². The van der Waals surface area contributed by atoms with Gasteiger partial charge in [0.1, 0.15) is 6.10 Å². The summed E-state index contributed by atoms with van der Waals surface area (Å²) in [5.74, 6) is -0.235. The van der Waals surface area contributed by atoms with E-state index < -0.39 is 0 Å². The average molecular weight is 232 g/mol. The maximum absolute atomic E-state index is 12.0. The van der Waals surface area contributed by atoms with E-state index in [4.69, 9.17) is 4.74 Å². The number of esters is 1. The van der Waals surface area contributed by atoms with Crippen molar-refractivity contribution in [2.45, 2.75) is 51.0 Å². The summed E-state index contributed by atoms with van der Waals surface area (Å²) in [5, 5.41) is 0. The quantitative estimate of drug-likeness (QED) is 0.743. The van der Waals surface area contributed by atoms with Crippen molar-refractivity contribution in [2.75, 3.05) is 0 Å². The SMILES string of the molecule is C[C@H](C(=O)OC1CCCCC1)c1ccccc1. The van der Waals surface area contributed by atoms with Crippen molar-refractivity contribution < 1.29 is 9.53 Å². The van der Waals surface area contributed by atoms with Crippen LogP contribution in [-0.4, -0.2) is 12.1 Å². The van der Waals surface area contributed by atoms with Crippen molar-refractivity contribution >= 4 is 5.97 Å². The minimum Gasteiger partial charge on any atom is -0.462 e. The van der Waals surface area contributed by atoms with Crippen molar-refractivity contribution in [3.63, 3.8) is 0 Å². The lowest BCUT2D eigenvalue weighted by Crippen LogP contribution is -2.23. The Morgan fingerprint density at radius 2 is 1.82 bits per heavy atom. The van der Waals surface area contributed by atoms with Crippen molar-refractivity contribution in [3.05, 3.63) is 35.9 Å². The van der Waals surface area contributed by atoms with Gasteiger partial charge in [-0.15, -0.1) is 0 Å². The van der Waals surface area contributed by atoms with Crippen LogP contribution >= 0.6 is 0 Å². The first-order chi connectivity index (χ1) is 8.27. The first-order valence-corrected chi connectivity index (χ1v) is 6.53. The number of ether oxygens (including phenoxy) is 1. The summed E-state index contributed by atoms with van der Waals surface area (Å²) < 4.78 is 5.57. The lowest BCUT2D eigenvalue weighted by molar-refractivity contribution is -0.151. The predicted molar refractivity (Wildman–Crippen MR) is 67.8 cm³/mol. The molecule has 0 N–H and O–H groups in total. The topological polar surface area (TPSA) is 26.3 Å². The Kier molecular flexibility index (Phi) is 4.18. The second-order valence-corrected chi connectivity index (χ2v) is 4.83. The zero-order valence-corrected chi connectivity index (χ0v) is 10.4. The highest BCUT2D eigenvalue weighted by atomic mass is 16.5. The molecule has 1 aromatic carbocycles. The van der Waals surface area contributed by atoms with Gasteiger partial charge in [0.15, 0.2) is 0 Å². The van der Waals surface area contributed by atoms with Crippen molar-refractivity contribution in [3.8, 4) is 0 Å². The van der Waals surface area contributed by atoms with Gasteiger partial charge in [-0.25, -0.2) is 0 Å². The van der Waals surface area contributed by atoms with E-state index in [1.807, 2.05) is 37.3 Å². The Bertz CT molecular complexity index is 352.